The Labute approximate surface area is 161 Å². The van der Waals surface area contributed by atoms with Gasteiger partial charge in [-0.1, -0.05) is 6.07 Å². The second-order valence-corrected chi connectivity index (χ2v) is 7.81. The molecule has 0 aliphatic carbocycles. The zero-order chi connectivity index (χ0) is 19.4. The van der Waals surface area contributed by atoms with Crippen molar-refractivity contribution in [3.63, 3.8) is 0 Å². The summed E-state index contributed by atoms with van der Waals surface area (Å²) in [5.41, 5.74) is 1.72. The van der Waals surface area contributed by atoms with Crippen LogP contribution < -0.4 is 4.90 Å². The van der Waals surface area contributed by atoms with E-state index in [0.717, 1.165) is 30.4 Å². The fourth-order valence-corrected chi connectivity index (χ4v) is 4.31. The smallest absolute Gasteiger partial charge is 0.253 e. The third kappa shape index (κ3) is 2.71. The van der Waals surface area contributed by atoms with Crippen LogP contribution in [0.2, 0.25) is 0 Å². The van der Waals surface area contributed by atoms with Crippen LogP contribution in [0.4, 0.5) is 10.2 Å². The van der Waals surface area contributed by atoms with Gasteiger partial charge in [-0.3, -0.25) is 4.79 Å². The van der Waals surface area contributed by atoms with Gasteiger partial charge in [0, 0.05) is 43.6 Å². The molecule has 2 aliphatic heterocycles. The molecule has 0 radical (unpaired) electrons. The summed E-state index contributed by atoms with van der Waals surface area (Å²) in [6, 6.07) is 8.62. The Bertz CT molecular complexity index is 1070. The van der Waals surface area contributed by atoms with Gasteiger partial charge >= 0.3 is 0 Å². The standard InChI is InChI=1S/C20H21FN6O/c1-12-3-4-14(7-17(12)21)20(28)26-10-15-8-25(9-16(15)11-26)19-6-5-18-23-22-13(2)27(18)24-19/h3-7,15-16H,8-11H2,1-2H3. The molecule has 2 fully saturated rings. The maximum Gasteiger partial charge on any atom is 0.253 e. The van der Waals surface area contributed by atoms with Crippen LogP contribution in [-0.2, 0) is 0 Å². The van der Waals surface area contributed by atoms with Crippen molar-refractivity contribution >= 4 is 17.4 Å². The number of hydrogen-bond acceptors (Lipinski definition) is 5. The molecule has 1 aromatic carbocycles. The summed E-state index contributed by atoms with van der Waals surface area (Å²) in [4.78, 5) is 16.9. The highest BCUT2D eigenvalue weighted by Crippen LogP contribution is 2.34. The van der Waals surface area contributed by atoms with Crippen LogP contribution in [-0.4, -0.2) is 56.8 Å². The molecule has 4 heterocycles. The number of anilines is 1. The maximum atomic E-state index is 13.8. The molecule has 0 spiro atoms. The molecule has 2 unspecified atom stereocenters. The van der Waals surface area contributed by atoms with Gasteiger partial charge in [0.25, 0.3) is 5.91 Å². The van der Waals surface area contributed by atoms with Gasteiger partial charge in [-0.2, -0.15) is 4.52 Å². The van der Waals surface area contributed by atoms with Crippen molar-refractivity contribution in [2.45, 2.75) is 13.8 Å². The molecule has 0 N–H and O–H groups in total. The molecule has 1 amide bonds. The zero-order valence-corrected chi connectivity index (χ0v) is 15.8. The molecule has 2 aliphatic rings. The highest BCUT2D eigenvalue weighted by molar-refractivity contribution is 5.94. The Hall–Kier alpha value is -3.03. The van der Waals surface area contributed by atoms with Crippen molar-refractivity contribution in [2.24, 2.45) is 11.8 Å². The fourth-order valence-electron chi connectivity index (χ4n) is 4.31. The SMILES string of the molecule is Cc1ccc(C(=O)N2CC3CN(c4ccc5nnc(C)n5n4)CC3C2)cc1F. The Morgan fingerprint density at radius 1 is 1.04 bits per heavy atom. The fraction of sp³-hybridized carbons (Fsp3) is 0.400. The Balaban J connectivity index is 1.29. The lowest BCUT2D eigenvalue weighted by atomic mass is 10.0. The van der Waals surface area contributed by atoms with Gasteiger partial charge in [0.1, 0.15) is 11.6 Å². The Morgan fingerprint density at radius 2 is 1.79 bits per heavy atom. The predicted molar refractivity (Wildman–Crippen MR) is 102 cm³/mol. The third-order valence-corrected chi connectivity index (χ3v) is 5.92. The molecule has 2 atom stereocenters. The Morgan fingerprint density at radius 3 is 2.50 bits per heavy atom. The normalized spacial score (nSPS) is 21.5. The summed E-state index contributed by atoms with van der Waals surface area (Å²) in [6.07, 6.45) is 0. The van der Waals surface area contributed by atoms with E-state index in [1.165, 1.54) is 6.07 Å². The summed E-state index contributed by atoms with van der Waals surface area (Å²) in [6.45, 7) is 6.69. The van der Waals surface area contributed by atoms with E-state index in [0.29, 0.717) is 36.1 Å². The van der Waals surface area contributed by atoms with Crippen LogP contribution in [0.15, 0.2) is 30.3 Å². The molecule has 144 valence electrons. The van der Waals surface area contributed by atoms with Gasteiger partial charge in [0.2, 0.25) is 0 Å². The maximum absolute atomic E-state index is 13.8. The van der Waals surface area contributed by atoms with E-state index >= 15 is 0 Å². The average molecular weight is 380 g/mol. The molecule has 5 rings (SSSR count). The molecule has 2 saturated heterocycles. The summed E-state index contributed by atoms with van der Waals surface area (Å²) in [7, 11) is 0. The summed E-state index contributed by atoms with van der Waals surface area (Å²) in [5, 5.41) is 12.8. The minimum absolute atomic E-state index is 0.0838. The molecule has 0 saturated carbocycles. The summed E-state index contributed by atoms with van der Waals surface area (Å²) >= 11 is 0. The minimum Gasteiger partial charge on any atom is -0.354 e. The molecule has 7 nitrogen and oxygen atoms in total. The van der Waals surface area contributed by atoms with Crippen LogP contribution in [0.5, 0.6) is 0 Å². The van der Waals surface area contributed by atoms with Crippen molar-refractivity contribution in [1.82, 2.24) is 24.7 Å². The largest absolute Gasteiger partial charge is 0.354 e. The number of carbonyl (C=O) groups is 1. The van der Waals surface area contributed by atoms with Crippen molar-refractivity contribution < 1.29 is 9.18 Å². The number of rotatable bonds is 2. The number of nitrogens with zero attached hydrogens (tertiary/aromatic N) is 6. The molecule has 2 aromatic heterocycles. The highest BCUT2D eigenvalue weighted by atomic mass is 19.1. The lowest BCUT2D eigenvalue weighted by Crippen LogP contribution is -2.33. The van der Waals surface area contributed by atoms with Gasteiger partial charge in [0.15, 0.2) is 11.5 Å². The predicted octanol–water partition coefficient (Wildman–Crippen LogP) is 2.09. The number of halogens is 1. The molecular weight excluding hydrogens is 359 g/mol. The van der Waals surface area contributed by atoms with Gasteiger partial charge in [0.05, 0.1) is 0 Å². The molecule has 8 heteroatoms. The molecular formula is C20H21FN6O. The number of likely N-dealkylation sites (tertiary alicyclic amines) is 1. The van der Waals surface area contributed by atoms with Crippen LogP contribution in [0.25, 0.3) is 5.65 Å². The second-order valence-electron chi connectivity index (χ2n) is 7.81. The zero-order valence-electron chi connectivity index (χ0n) is 15.8. The van der Waals surface area contributed by atoms with Gasteiger partial charge in [-0.25, -0.2) is 4.39 Å². The van der Waals surface area contributed by atoms with E-state index in [1.54, 1.807) is 23.6 Å². The van der Waals surface area contributed by atoms with Crippen molar-refractivity contribution in [3.8, 4) is 0 Å². The molecule has 3 aromatic rings. The topological polar surface area (TPSA) is 66.6 Å². The summed E-state index contributed by atoms with van der Waals surface area (Å²) < 4.78 is 15.6. The number of benzene rings is 1. The number of amides is 1. The lowest BCUT2D eigenvalue weighted by Gasteiger charge is -2.22. The molecule has 28 heavy (non-hydrogen) atoms. The van der Waals surface area contributed by atoms with Crippen molar-refractivity contribution in [2.75, 3.05) is 31.1 Å². The van der Waals surface area contributed by atoms with Crippen LogP contribution in [0.3, 0.4) is 0 Å². The first-order valence-corrected chi connectivity index (χ1v) is 9.49. The number of aryl methyl sites for hydroxylation is 2. The first-order chi connectivity index (χ1) is 13.5. The molecule has 0 bridgehead atoms. The van der Waals surface area contributed by atoms with E-state index in [4.69, 9.17) is 0 Å². The number of carbonyl (C=O) groups excluding carboxylic acids is 1. The number of aromatic nitrogens is 4. The lowest BCUT2D eigenvalue weighted by molar-refractivity contribution is 0.0782. The monoisotopic (exact) mass is 380 g/mol. The average Bonchev–Trinajstić information content (AvgIpc) is 3.36. The van der Waals surface area contributed by atoms with Crippen LogP contribution >= 0.6 is 0 Å². The summed E-state index contributed by atoms with van der Waals surface area (Å²) in [5.74, 6) is 2.06. The van der Waals surface area contributed by atoms with Crippen LogP contribution in [0, 0.1) is 31.5 Å². The van der Waals surface area contributed by atoms with Crippen molar-refractivity contribution in [3.05, 3.63) is 53.1 Å². The Kier molecular flexibility index (Phi) is 3.82. The van der Waals surface area contributed by atoms with E-state index in [-0.39, 0.29) is 11.7 Å². The van der Waals surface area contributed by atoms with E-state index in [9.17, 15) is 9.18 Å². The quantitative estimate of drug-likeness (QED) is 0.681. The van der Waals surface area contributed by atoms with Crippen LogP contribution in [0.1, 0.15) is 21.7 Å². The van der Waals surface area contributed by atoms with Crippen molar-refractivity contribution in [1.29, 1.82) is 0 Å². The number of fused-ring (bicyclic) bond motifs is 2. The van der Waals surface area contributed by atoms with E-state index in [1.807, 2.05) is 24.0 Å². The number of hydrogen-bond donors (Lipinski definition) is 0. The van der Waals surface area contributed by atoms with E-state index in [2.05, 4.69) is 20.2 Å². The van der Waals surface area contributed by atoms with Gasteiger partial charge in [-0.05, 0) is 43.7 Å². The van der Waals surface area contributed by atoms with Gasteiger partial charge in [-0.15, -0.1) is 15.3 Å². The second kappa shape index (κ2) is 6.25. The minimum atomic E-state index is -0.331. The highest BCUT2D eigenvalue weighted by Gasteiger charge is 2.42. The van der Waals surface area contributed by atoms with E-state index < -0.39 is 0 Å². The van der Waals surface area contributed by atoms with Gasteiger partial charge < -0.3 is 9.80 Å². The first-order valence-electron chi connectivity index (χ1n) is 9.49. The first kappa shape index (κ1) is 17.1. The third-order valence-electron chi connectivity index (χ3n) is 5.92.